The van der Waals surface area contributed by atoms with Gasteiger partial charge >= 0.3 is 11.9 Å². The maximum atomic E-state index is 14.3. The molecule has 19 atom stereocenters. The highest BCUT2D eigenvalue weighted by molar-refractivity contribution is 5.74. The lowest BCUT2D eigenvalue weighted by Gasteiger charge is -2.49. The van der Waals surface area contributed by atoms with E-state index in [1.54, 1.807) is 48.5 Å². The first-order valence-corrected chi connectivity index (χ1v) is 20.7. The average molecular weight is 821 g/mol. The number of methoxy groups -OCH3 is 1. The quantitative estimate of drug-likeness (QED) is 0.211. The van der Waals surface area contributed by atoms with E-state index in [0.29, 0.717) is 13.0 Å². The molecule has 0 radical (unpaired) electrons. The summed E-state index contributed by atoms with van der Waals surface area (Å²) < 4.78 is 43.9. The molecular formula is C41H76N2O14. The summed E-state index contributed by atoms with van der Waals surface area (Å²) in [6, 6.07) is -0.968. The van der Waals surface area contributed by atoms with Crippen molar-refractivity contribution in [3.63, 3.8) is 0 Å². The van der Waals surface area contributed by atoms with Gasteiger partial charge in [0, 0.05) is 32.0 Å². The Morgan fingerprint density at radius 2 is 1.60 bits per heavy atom. The van der Waals surface area contributed by atoms with Crippen molar-refractivity contribution in [3.8, 4) is 0 Å². The number of rotatable bonds is 9. The third-order valence-electron chi connectivity index (χ3n) is 12.8. The number of likely N-dealkylation sites (N-methyl/N-ethyl adjacent to an activating group) is 2. The summed E-state index contributed by atoms with van der Waals surface area (Å²) in [5.41, 5.74) is -4.56. The first-order chi connectivity index (χ1) is 26.2. The van der Waals surface area contributed by atoms with E-state index in [4.69, 9.17) is 33.2 Å². The summed E-state index contributed by atoms with van der Waals surface area (Å²) in [7, 11) is 6.99. The Morgan fingerprint density at radius 3 is 2.14 bits per heavy atom. The zero-order chi connectivity index (χ0) is 43.5. The van der Waals surface area contributed by atoms with Crippen LogP contribution in [0, 0.1) is 17.8 Å². The maximum Gasteiger partial charge on any atom is 0.335 e. The first-order valence-electron chi connectivity index (χ1n) is 20.7. The summed E-state index contributed by atoms with van der Waals surface area (Å²) in [4.78, 5) is 31.1. The molecule has 334 valence electrons. The summed E-state index contributed by atoms with van der Waals surface area (Å²) in [5, 5.41) is 57.2. The van der Waals surface area contributed by atoms with Crippen LogP contribution in [0.2, 0.25) is 0 Å². The average Bonchev–Trinajstić information content (AvgIpc) is 3.12. The number of esters is 2. The topological polar surface area (TPSA) is 206 Å². The van der Waals surface area contributed by atoms with Crippen LogP contribution in [0.15, 0.2) is 0 Å². The van der Waals surface area contributed by atoms with Gasteiger partial charge in [-0.3, -0.25) is 4.79 Å². The van der Waals surface area contributed by atoms with Gasteiger partial charge in [-0.15, -0.1) is 0 Å². The molecule has 16 nitrogen and oxygen atoms in total. The Kier molecular flexibility index (Phi) is 17.4. The third-order valence-corrected chi connectivity index (χ3v) is 12.8. The number of aliphatic hydroxyl groups excluding tert-OH is 3. The minimum absolute atomic E-state index is 0.0901. The molecule has 16 heteroatoms. The normalized spacial score (nSPS) is 46.8. The molecular weight excluding hydrogens is 744 g/mol. The highest BCUT2D eigenvalue weighted by Gasteiger charge is 2.53. The van der Waals surface area contributed by atoms with Gasteiger partial charge in [-0.05, 0) is 102 Å². The minimum Gasteiger partial charge on any atom is -0.459 e. The van der Waals surface area contributed by atoms with E-state index >= 15 is 0 Å². The Balaban J connectivity index is 2.24. The minimum atomic E-state index is -1.84. The number of nitrogens with zero attached hydrogens (tertiary/aromatic N) is 2. The number of ether oxygens (including phenoxy) is 7. The lowest BCUT2D eigenvalue weighted by atomic mass is 9.77. The molecule has 3 rings (SSSR count). The van der Waals surface area contributed by atoms with E-state index in [9.17, 15) is 35.1 Å². The maximum absolute atomic E-state index is 14.3. The fourth-order valence-electron chi connectivity index (χ4n) is 9.08. The molecule has 3 fully saturated rings. The molecule has 3 saturated heterocycles. The molecule has 5 N–H and O–H groups in total. The van der Waals surface area contributed by atoms with E-state index in [1.807, 2.05) is 44.8 Å². The Hall–Kier alpha value is -1.54. The molecule has 0 saturated carbocycles. The van der Waals surface area contributed by atoms with E-state index < -0.39 is 108 Å². The van der Waals surface area contributed by atoms with Gasteiger partial charge < -0.3 is 68.5 Å². The Bertz CT molecular complexity index is 1300. The van der Waals surface area contributed by atoms with Crippen LogP contribution in [0.4, 0.5) is 0 Å². The van der Waals surface area contributed by atoms with Crippen LogP contribution in [0.3, 0.4) is 0 Å². The van der Waals surface area contributed by atoms with Gasteiger partial charge in [0.2, 0.25) is 0 Å². The summed E-state index contributed by atoms with van der Waals surface area (Å²) >= 11 is 0. The van der Waals surface area contributed by atoms with Gasteiger partial charge in [-0.2, -0.15) is 0 Å². The Morgan fingerprint density at radius 1 is 0.982 bits per heavy atom. The molecule has 3 aliphatic rings. The number of carbonyl (C=O) groups is 2. The van der Waals surface area contributed by atoms with Gasteiger partial charge in [0.15, 0.2) is 18.7 Å². The van der Waals surface area contributed by atoms with E-state index in [1.165, 1.54) is 21.0 Å². The highest BCUT2D eigenvalue weighted by atomic mass is 16.7. The summed E-state index contributed by atoms with van der Waals surface area (Å²) in [6.45, 7) is 19.0. The van der Waals surface area contributed by atoms with E-state index in [-0.39, 0.29) is 37.3 Å². The lowest BCUT2D eigenvalue weighted by Crippen LogP contribution is -2.61. The predicted molar refractivity (Wildman–Crippen MR) is 210 cm³/mol. The van der Waals surface area contributed by atoms with Gasteiger partial charge in [0.25, 0.3) is 0 Å². The van der Waals surface area contributed by atoms with Crippen molar-refractivity contribution >= 4 is 11.9 Å². The van der Waals surface area contributed by atoms with Crippen molar-refractivity contribution in [3.05, 3.63) is 0 Å². The molecule has 0 aromatic rings. The van der Waals surface area contributed by atoms with Crippen LogP contribution in [0.1, 0.15) is 102 Å². The van der Waals surface area contributed by atoms with Crippen molar-refractivity contribution in [2.24, 2.45) is 17.8 Å². The van der Waals surface area contributed by atoms with Crippen LogP contribution in [-0.2, 0) is 42.7 Å². The molecule has 0 unspecified atom stereocenters. The van der Waals surface area contributed by atoms with Gasteiger partial charge in [0.1, 0.15) is 30.0 Å². The first kappa shape index (κ1) is 49.8. The predicted octanol–water partition coefficient (Wildman–Crippen LogP) is 1.83. The van der Waals surface area contributed by atoms with Crippen LogP contribution >= 0.6 is 0 Å². The van der Waals surface area contributed by atoms with Crippen molar-refractivity contribution in [2.45, 2.75) is 198 Å². The van der Waals surface area contributed by atoms with Crippen LogP contribution in [0.5, 0.6) is 0 Å². The number of hydrogen-bond donors (Lipinski definition) is 5. The fourth-order valence-corrected chi connectivity index (χ4v) is 9.08. The van der Waals surface area contributed by atoms with Crippen molar-refractivity contribution in [1.82, 2.24) is 9.80 Å². The van der Waals surface area contributed by atoms with Crippen molar-refractivity contribution < 1.29 is 68.3 Å². The molecule has 57 heavy (non-hydrogen) atoms. The third kappa shape index (κ3) is 11.6. The fraction of sp³-hybridized carbons (Fsp3) is 0.951. The van der Waals surface area contributed by atoms with Gasteiger partial charge in [-0.25, -0.2) is 4.79 Å². The number of cyclic esters (lactones) is 1. The molecule has 0 bridgehead atoms. The standard InChI is InChI=1S/C41H76N2O14/c1-16-29-41(11,50)33(45)25(6)43(14)20-21(2)18-39(9,49)35(57-38-32(56-37(48)26(7)44)28(42(12)13)17-22(3)52-38)23(4)31(24(5)36(47)54-29)55-30-19-40(10,51-15)34(46)27(8)53-30/h21-35,38,44-46,49-50H,16-20H2,1-15H3/t21-,22-,23+,24-,25-,26-,27+,28+,29-,30+,31+,32-,33-,34+,35-,38+,39-,40-,41-/m1/s1. The van der Waals surface area contributed by atoms with Crippen molar-refractivity contribution in [1.29, 1.82) is 0 Å². The van der Waals surface area contributed by atoms with E-state index in [2.05, 4.69) is 0 Å². The zero-order valence-corrected chi connectivity index (χ0v) is 37.1. The molecule has 0 aromatic carbocycles. The van der Waals surface area contributed by atoms with Gasteiger partial charge in [-0.1, -0.05) is 20.8 Å². The molecule has 0 aliphatic carbocycles. The van der Waals surface area contributed by atoms with Crippen LogP contribution < -0.4 is 0 Å². The largest absolute Gasteiger partial charge is 0.459 e. The monoisotopic (exact) mass is 821 g/mol. The molecule has 3 heterocycles. The van der Waals surface area contributed by atoms with E-state index in [0.717, 1.165) is 0 Å². The zero-order valence-electron chi connectivity index (χ0n) is 37.1. The Labute approximate surface area is 340 Å². The molecule has 0 aromatic heterocycles. The SMILES string of the molecule is CC[C@H]1OC(=O)[C@H](C)[C@@H](O[C@H]2C[C@@](C)(OC)[C@@H](O)[C@H](C)O2)[C@H](C)[C@@H](O[C@@H]2O[C@H](C)C[C@H](N(C)C)[C@H]2OC(=O)[C@@H](C)O)[C@](C)(O)C[C@@H](C)CN(C)[C@H](C)[C@@H](O)[C@]1(C)O. The number of aliphatic hydroxyl groups is 5. The molecule has 3 aliphatic heterocycles. The molecule has 0 spiro atoms. The highest BCUT2D eigenvalue weighted by Crippen LogP contribution is 2.40. The lowest BCUT2D eigenvalue weighted by molar-refractivity contribution is -0.319. The second kappa shape index (κ2) is 19.9. The second-order valence-electron chi connectivity index (χ2n) is 18.3. The second-order valence-corrected chi connectivity index (χ2v) is 18.3. The number of hydrogen-bond acceptors (Lipinski definition) is 16. The van der Waals surface area contributed by atoms with Crippen LogP contribution in [0.25, 0.3) is 0 Å². The summed E-state index contributed by atoms with van der Waals surface area (Å²) in [6.07, 6.45) is -10.5. The van der Waals surface area contributed by atoms with Crippen molar-refractivity contribution in [2.75, 3.05) is 34.8 Å². The smallest absolute Gasteiger partial charge is 0.335 e. The van der Waals surface area contributed by atoms with Gasteiger partial charge in [0.05, 0.1) is 47.6 Å². The number of carbonyl (C=O) groups excluding carboxylic acids is 2. The summed E-state index contributed by atoms with van der Waals surface area (Å²) in [5.74, 6) is -3.71. The van der Waals surface area contributed by atoms with Crippen LogP contribution in [-0.4, -0.2) is 178 Å². The molecule has 0 amide bonds.